The average Bonchev–Trinajstić information content (AvgIpc) is 3.14. The topological polar surface area (TPSA) is 15.7 Å². The molecule has 26 heavy (non-hydrogen) atoms. The molecule has 2 aliphatic heterocycles. The highest BCUT2D eigenvalue weighted by Gasteiger charge is 2.39. The van der Waals surface area contributed by atoms with E-state index < -0.39 is 0 Å². The van der Waals surface area contributed by atoms with Crippen LogP contribution in [0.4, 0.5) is 11.4 Å². The summed E-state index contributed by atoms with van der Waals surface area (Å²) in [7, 11) is 1.71. The van der Waals surface area contributed by atoms with Gasteiger partial charge in [-0.3, -0.25) is 0 Å². The average molecular weight is 409 g/mol. The smallest absolute Gasteiger partial charge is 0.129 e. The molecule has 0 N–H and O–H groups in total. The minimum Gasteiger partial charge on any atom is -0.497 e. The molecule has 0 amide bonds. The van der Waals surface area contributed by atoms with Crippen molar-refractivity contribution < 1.29 is 4.74 Å². The summed E-state index contributed by atoms with van der Waals surface area (Å²) in [5.41, 5.74) is 6.64. The number of ether oxygens (including phenoxy) is 1. The van der Waals surface area contributed by atoms with Crippen molar-refractivity contribution in [1.29, 1.82) is 0 Å². The molecule has 1 saturated heterocycles. The van der Waals surface area contributed by atoms with Crippen molar-refractivity contribution in [2.75, 3.05) is 30.0 Å². The van der Waals surface area contributed by atoms with E-state index in [1.54, 1.807) is 7.11 Å². The quantitative estimate of drug-likeness (QED) is 0.573. The van der Waals surface area contributed by atoms with Crippen LogP contribution in [0, 0.1) is 0 Å². The van der Waals surface area contributed by atoms with E-state index in [-0.39, 0.29) is 23.1 Å². The Labute approximate surface area is 164 Å². The van der Waals surface area contributed by atoms with Gasteiger partial charge in [0.15, 0.2) is 0 Å². The molecule has 4 heteroatoms. The summed E-state index contributed by atoms with van der Waals surface area (Å²) < 4.78 is 5.31. The Morgan fingerprint density at radius 3 is 2.19 bits per heavy atom. The van der Waals surface area contributed by atoms with Gasteiger partial charge in [0.25, 0.3) is 0 Å². The van der Waals surface area contributed by atoms with Gasteiger partial charge in [-0.25, -0.2) is 0 Å². The molecule has 0 aliphatic carbocycles. The number of nitrogens with zero attached hydrogens (tertiary/aromatic N) is 2. The largest absolute Gasteiger partial charge is 0.497 e. The molecular weight excluding hydrogens is 388 g/mol. The Bertz CT molecular complexity index is 925. The highest BCUT2D eigenvalue weighted by molar-refractivity contribution is 8.93. The van der Waals surface area contributed by atoms with Crippen LogP contribution in [0.25, 0.3) is 11.1 Å². The molecule has 1 unspecified atom stereocenters. The third kappa shape index (κ3) is 2.48. The van der Waals surface area contributed by atoms with Gasteiger partial charge in [0, 0.05) is 35.6 Å². The van der Waals surface area contributed by atoms with Crippen LogP contribution in [0.3, 0.4) is 0 Å². The fraction of sp³-hybridized carbons (Fsp3) is 0.182. The minimum atomic E-state index is 0. The molecule has 3 aromatic rings. The number of fused-ring (bicyclic) bond motifs is 6. The van der Waals surface area contributed by atoms with Crippen LogP contribution in [-0.4, -0.2) is 20.2 Å². The van der Waals surface area contributed by atoms with Crippen LogP contribution in [0.2, 0.25) is 0 Å². The standard InChI is InChI=1S/C22H20N2O.BrH/c1-25-17-12-10-16(11-13-17)23-14-15-24-21-9-5-4-7-19(21)18-6-2-3-8-20(18)22(23)24;/h2-13,22H,14-15H2,1H3;1H. The first kappa shape index (κ1) is 17.0. The van der Waals surface area contributed by atoms with Crippen molar-refractivity contribution in [1.82, 2.24) is 0 Å². The Balaban J connectivity index is 0.00000168. The van der Waals surface area contributed by atoms with Crippen molar-refractivity contribution in [3.63, 3.8) is 0 Å². The van der Waals surface area contributed by atoms with Crippen LogP contribution in [0.5, 0.6) is 5.75 Å². The van der Waals surface area contributed by atoms with Crippen LogP contribution in [0.1, 0.15) is 11.7 Å². The Morgan fingerprint density at radius 1 is 0.769 bits per heavy atom. The molecule has 3 aromatic carbocycles. The highest BCUT2D eigenvalue weighted by Crippen LogP contribution is 2.48. The number of hydrogen-bond donors (Lipinski definition) is 0. The lowest BCUT2D eigenvalue weighted by atomic mass is 9.91. The molecule has 3 nitrogen and oxygen atoms in total. The summed E-state index contributed by atoms with van der Waals surface area (Å²) in [6.07, 6.45) is 0.250. The third-order valence-electron chi connectivity index (χ3n) is 5.32. The van der Waals surface area contributed by atoms with E-state index >= 15 is 0 Å². The minimum absolute atomic E-state index is 0. The third-order valence-corrected chi connectivity index (χ3v) is 5.32. The molecule has 132 valence electrons. The maximum atomic E-state index is 5.31. The van der Waals surface area contributed by atoms with Crippen molar-refractivity contribution in [2.24, 2.45) is 0 Å². The SMILES string of the molecule is Br.COc1ccc(N2CCN3c4ccccc4-c4ccccc4C23)cc1. The molecule has 0 saturated carbocycles. The number of anilines is 2. The summed E-state index contributed by atoms with van der Waals surface area (Å²) in [4.78, 5) is 5.02. The van der Waals surface area contributed by atoms with Gasteiger partial charge in [0.2, 0.25) is 0 Å². The van der Waals surface area contributed by atoms with Gasteiger partial charge in [-0.1, -0.05) is 42.5 Å². The lowest BCUT2D eigenvalue weighted by Crippen LogP contribution is -2.33. The van der Waals surface area contributed by atoms with Crippen molar-refractivity contribution >= 4 is 28.4 Å². The van der Waals surface area contributed by atoms with Gasteiger partial charge < -0.3 is 14.5 Å². The number of methoxy groups -OCH3 is 1. The van der Waals surface area contributed by atoms with E-state index in [4.69, 9.17) is 4.74 Å². The molecule has 0 aromatic heterocycles. The van der Waals surface area contributed by atoms with Gasteiger partial charge in [0.05, 0.1) is 7.11 Å². The Kier molecular flexibility index (Phi) is 4.37. The summed E-state index contributed by atoms with van der Waals surface area (Å²) in [6.45, 7) is 2.04. The molecule has 5 rings (SSSR count). The van der Waals surface area contributed by atoms with E-state index in [0.717, 1.165) is 18.8 Å². The van der Waals surface area contributed by atoms with Crippen molar-refractivity contribution in [2.45, 2.75) is 6.17 Å². The zero-order chi connectivity index (χ0) is 16.8. The molecule has 0 bridgehead atoms. The van der Waals surface area contributed by atoms with E-state index in [9.17, 15) is 0 Å². The lowest BCUT2D eigenvalue weighted by molar-refractivity contribution is 0.415. The van der Waals surface area contributed by atoms with Gasteiger partial charge in [0.1, 0.15) is 11.9 Å². The van der Waals surface area contributed by atoms with Gasteiger partial charge in [-0.2, -0.15) is 0 Å². The predicted octanol–water partition coefficient (Wildman–Crippen LogP) is 5.28. The molecule has 0 spiro atoms. The first-order valence-electron chi connectivity index (χ1n) is 8.72. The molecule has 2 heterocycles. The van der Waals surface area contributed by atoms with E-state index in [1.165, 1.54) is 28.1 Å². The fourth-order valence-electron chi connectivity index (χ4n) is 4.18. The molecule has 1 fully saturated rings. The number of hydrogen-bond acceptors (Lipinski definition) is 3. The zero-order valence-electron chi connectivity index (χ0n) is 14.6. The summed E-state index contributed by atoms with van der Waals surface area (Å²) in [5, 5.41) is 0. The first-order chi connectivity index (χ1) is 12.4. The molecule has 0 radical (unpaired) electrons. The van der Waals surface area contributed by atoms with E-state index in [1.807, 2.05) is 12.1 Å². The predicted molar refractivity (Wildman–Crippen MR) is 113 cm³/mol. The molecule has 1 atom stereocenters. The monoisotopic (exact) mass is 408 g/mol. The number of para-hydroxylation sites is 1. The Hall–Kier alpha value is -2.46. The summed E-state index contributed by atoms with van der Waals surface area (Å²) in [6, 6.07) is 26.0. The number of halogens is 1. The second-order valence-electron chi connectivity index (χ2n) is 6.56. The van der Waals surface area contributed by atoms with Crippen LogP contribution in [0.15, 0.2) is 72.8 Å². The number of rotatable bonds is 2. The zero-order valence-corrected chi connectivity index (χ0v) is 16.3. The van der Waals surface area contributed by atoms with Gasteiger partial charge in [-0.05, 0) is 35.9 Å². The second kappa shape index (κ2) is 6.69. The van der Waals surface area contributed by atoms with Crippen molar-refractivity contribution in [3.05, 3.63) is 78.4 Å². The van der Waals surface area contributed by atoms with Crippen molar-refractivity contribution in [3.8, 4) is 16.9 Å². The molecule has 2 aliphatic rings. The normalized spacial score (nSPS) is 17.0. The van der Waals surface area contributed by atoms with E-state index in [0.29, 0.717) is 0 Å². The molecular formula is C22H21BrN2O. The van der Waals surface area contributed by atoms with Crippen LogP contribution < -0.4 is 14.5 Å². The Morgan fingerprint density at radius 2 is 1.42 bits per heavy atom. The van der Waals surface area contributed by atoms with E-state index in [2.05, 4.69) is 70.5 Å². The maximum Gasteiger partial charge on any atom is 0.129 e. The number of benzene rings is 3. The van der Waals surface area contributed by atoms with Gasteiger partial charge in [-0.15, -0.1) is 17.0 Å². The highest BCUT2D eigenvalue weighted by atomic mass is 79.9. The maximum absolute atomic E-state index is 5.31. The van der Waals surface area contributed by atoms with Crippen LogP contribution in [-0.2, 0) is 0 Å². The summed E-state index contributed by atoms with van der Waals surface area (Å²) in [5.74, 6) is 0.897. The van der Waals surface area contributed by atoms with Crippen LogP contribution >= 0.6 is 17.0 Å². The summed E-state index contributed by atoms with van der Waals surface area (Å²) >= 11 is 0. The second-order valence-corrected chi connectivity index (χ2v) is 6.56. The first-order valence-corrected chi connectivity index (χ1v) is 8.72. The lowest BCUT2D eigenvalue weighted by Gasteiger charge is -2.39. The van der Waals surface area contributed by atoms with Gasteiger partial charge >= 0.3 is 0 Å². The fourth-order valence-corrected chi connectivity index (χ4v) is 4.18.